The molecule has 0 saturated carbocycles. The first-order valence-corrected chi connectivity index (χ1v) is 12.5. The summed E-state index contributed by atoms with van der Waals surface area (Å²) < 4.78 is 5.68. The lowest BCUT2D eigenvalue weighted by molar-refractivity contribution is 0.102. The molecule has 1 N–H and O–H groups in total. The van der Waals surface area contributed by atoms with E-state index < -0.39 is 0 Å². The van der Waals surface area contributed by atoms with Gasteiger partial charge in [-0.25, -0.2) is 0 Å². The highest BCUT2D eigenvalue weighted by Gasteiger charge is 2.29. The number of carbonyl (C=O) groups is 1. The van der Waals surface area contributed by atoms with Gasteiger partial charge < -0.3 is 15.0 Å². The van der Waals surface area contributed by atoms with E-state index in [1.54, 1.807) is 11.3 Å². The Morgan fingerprint density at radius 2 is 1.73 bits per heavy atom. The Labute approximate surface area is 201 Å². The Morgan fingerprint density at radius 3 is 2.36 bits per heavy atom. The fourth-order valence-electron chi connectivity index (χ4n) is 4.28. The van der Waals surface area contributed by atoms with E-state index in [2.05, 4.69) is 59.4 Å². The third kappa shape index (κ3) is 5.64. The molecule has 0 spiro atoms. The number of hydrogen-bond acceptors (Lipinski definition) is 5. The van der Waals surface area contributed by atoms with Crippen molar-refractivity contribution in [2.45, 2.75) is 26.3 Å². The molecule has 3 aromatic rings. The molecule has 2 heterocycles. The minimum atomic E-state index is -0.0647. The van der Waals surface area contributed by atoms with E-state index in [1.807, 2.05) is 37.3 Å². The summed E-state index contributed by atoms with van der Waals surface area (Å²) in [6.07, 6.45) is 0.942. The third-order valence-electron chi connectivity index (χ3n) is 6.13. The van der Waals surface area contributed by atoms with Gasteiger partial charge in [-0.15, -0.1) is 11.3 Å². The minimum absolute atomic E-state index is 0.0647. The molecule has 1 aliphatic heterocycles. The summed E-state index contributed by atoms with van der Waals surface area (Å²) in [5.74, 6) is 0.820. The fourth-order valence-corrected chi connectivity index (χ4v) is 5.30. The minimum Gasteiger partial charge on any atom is -0.494 e. The number of anilines is 1. The Balaban J connectivity index is 1.71. The van der Waals surface area contributed by atoms with E-state index >= 15 is 0 Å². The smallest absolute Gasteiger partial charge is 0.256 e. The van der Waals surface area contributed by atoms with Gasteiger partial charge in [0.25, 0.3) is 5.91 Å². The number of piperazine rings is 1. The second kappa shape index (κ2) is 11.0. The van der Waals surface area contributed by atoms with Gasteiger partial charge in [-0.1, -0.05) is 37.3 Å². The fraction of sp³-hybridized carbons (Fsp3) is 0.370. The number of rotatable bonds is 8. The maximum Gasteiger partial charge on any atom is 0.256 e. The van der Waals surface area contributed by atoms with Crippen LogP contribution in [0.5, 0.6) is 5.75 Å². The van der Waals surface area contributed by atoms with Crippen molar-refractivity contribution < 1.29 is 9.53 Å². The molecule has 1 aromatic heterocycles. The maximum absolute atomic E-state index is 13.0. The Kier molecular flexibility index (Phi) is 7.81. The molecule has 2 aromatic carbocycles. The van der Waals surface area contributed by atoms with Crippen LogP contribution >= 0.6 is 11.3 Å². The monoisotopic (exact) mass is 463 g/mol. The highest BCUT2D eigenvalue weighted by atomic mass is 32.1. The van der Waals surface area contributed by atoms with Crippen molar-refractivity contribution in [1.29, 1.82) is 0 Å². The predicted molar refractivity (Wildman–Crippen MR) is 137 cm³/mol. The van der Waals surface area contributed by atoms with Crippen LogP contribution in [-0.4, -0.2) is 55.5 Å². The van der Waals surface area contributed by atoms with Gasteiger partial charge in [0.2, 0.25) is 0 Å². The van der Waals surface area contributed by atoms with E-state index in [1.165, 1.54) is 16.0 Å². The zero-order valence-corrected chi connectivity index (χ0v) is 20.5. The summed E-state index contributed by atoms with van der Waals surface area (Å²) in [7, 11) is 2.18. The molecule has 1 fully saturated rings. The highest BCUT2D eigenvalue weighted by molar-refractivity contribution is 7.16. The number of ether oxygens (including phenoxy) is 1. The summed E-state index contributed by atoms with van der Waals surface area (Å²) in [4.78, 5) is 19.2. The molecule has 174 valence electrons. The molecule has 0 unspecified atom stereocenters. The van der Waals surface area contributed by atoms with E-state index in [0.717, 1.165) is 43.4 Å². The summed E-state index contributed by atoms with van der Waals surface area (Å²) >= 11 is 1.69. The molecule has 1 amide bonds. The molecule has 0 radical (unpaired) electrons. The van der Waals surface area contributed by atoms with Crippen molar-refractivity contribution in [2.24, 2.45) is 0 Å². The van der Waals surface area contributed by atoms with Crippen molar-refractivity contribution in [3.63, 3.8) is 0 Å². The van der Waals surface area contributed by atoms with Crippen molar-refractivity contribution in [3.05, 3.63) is 82.2 Å². The van der Waals surface area contributed by atoms with Crippen molar-refractivity contribution in [2.75, 3.05) is 45.2 Å². The normalized spacial score (nSPS) is 15.8. The maximum atomic E-state index is 13.0. The zero-order valence-electron chi connectivity index (χ0n) is 19.7. The predicted octanol–water partition coefficient (Wildman–Crippen LogP) is 5.30. The molecule has 33 heavy (non-hydrogen) atoms. The SMILES string of the molecule is CCOc1ccc([C@@H](c2cc(CC)sc2NC(=O)c2ccccc2)N2CCN(C)CC2)cc1. The van der Waals surface area contributed by atoms with Crippen LogP contribution in [0.25, 0.3) is 0 Å². The molecule has 4 rings (SSSR count). The number of amides is 1. The Bertz CT molecular complexity index is 1040. The van der Waals surface area contributed by atoms with Gasteiger partial charge in [-0.05, 0) is 56.3 Å². The standard InChI is InChI=1S/C27H33N3O2S/c1-4-23-19-24(27(33-23)28-26(31)21-9-7-6-8-10-21)25(30-17-15-29(3)16-18-30)20-11-13-22(14-12-20)32-5-2/h6-14,19,25H,4-5,15-18H2,1-3H3,(H,28,31)/t25-/m0/s1. The molecule has 1 atom stereocenters. The van der Waals surface area contributed by atoms with E-state index in [-0.39, 0.29) is 11.9 Å². The first-order chi connectivity index (χ1) is 16.1. The molecular formula is C27H33N3O2S. The van der Waals surface area contributed by atoms with E-state index in [9.17, 15) is 4.79 Å². The Hall–Kier alpha value is -2.67. The van der Waals surface area contributed by atoms with Gasteiger partial charge in [0.05, 0.1) is 12.6 Å². The number of nitrogens with one attached hydrogen (secondary N) is 1. The molecule has 0 bridgehead atoms. The molecule has 6 heteroatoms. The second-order valence-corrected chi connectivity index (χ2v) is 9.55. The highest BCUT2D eigenvalue weighted by Crippen LogP contribution is 2.40. The summed E-state index contributed by atoms with van der Waals surface area (Å²) in [5, 5.41) is 4.17. The van der Waals surface area contributed by atoms with Gasteiger partial charge in [-0.3, -0.25) is 9.69 Å². The molecular weight excluding hydrogens is 430 g/mol. The number of carbonyl (C=O) groups excluding carboxylic acids is 1. The number of aryl methyl sites for hydroxylation is 1. The van der Waals surface area contributed by atoms with Crippen LogP contribution in [0.1, 0.15) is 46.3 Å². The van der Waals surface area contributed by atoms with Crippen LogP contribution in [0.4, 0.5) is 5.00 Å². The number of likely N-dealkylation sites (N-methyl/N-ethyl adjacent to an activating group) is 1. The molecule has 0 aliphatic carbocycles. The zero-order chi connectivity index (χ0) is 23.2. The van der Waals surface area contributed by atoms with Crippen molar-refractivity contribution in [3.8, 4) is 5.75 Å². The van der Waals surface area contributed by atoms with E-state index in [4.69, 9.17) is 4.74 Å². The Morgan fingerprint density at radius 1 is 1.03 bits per heavy atom. The van der Waals surface area contributed by atoms with Crippen molar-refractivity contribution in [1.82, 2.24) is 9.80 Å². The van der Waals surface area contributed by atoms with Crippen molar-refractivity contribution >= 4 is 22.2 Å². The largest absolute Gasteiger partial charge is 0.494 e. The lowest BCUT2D eigenvalue weighted by Crippen LogP contribution is -2.46. The summed E-state index contributed by atoms with van der Waals surface area (Å²) in [6.45, 7) is 8.85. The third-order valence-corrected chi connectivity index (χ3v) is 7.34. The van der Waals surface area contributed by atoms with E-state index in [0.29, 0.717) is 12.2 Å². The number of benzene rings is 2. The van der Waals surface area contributed by atoms with Crippen LogP contribution < -0.4 is 10.1 Å². The summed E-state index contributed by atoms with van der Waals surface area (Å²) in [5.41, 5.74) is 3.07. The van der Waals surface area contributed by atoms with Gasteiger partial charge in [-0.2, -0.15) is 0 Å². The molecule has 5 nitrogen and oxygen atoms in total. The lowest BCUT2D eigenvalue weighted by atomic mass is 9.97. The first-order valence-electron chi connectivity index (χ1n) is 11.7. The number of hydrogen-bond donors (Lipinski definition) is 1. The topological polar surface area (TPSA) is 44.8 Å². The van der Waals surface area contributed by atoms with Gasteiger partial charge in [0, 0.05) is 42.2 Å². The average Bonchev–Trinajstić information content (AvgIpc) is 3.24. The van der Waals surface area contributed by atoms with Gasteiger partial charge >= 0.3 is 0 Å². The number of nitrogens with zero attached hydrogens (tertiary/aromatic N) is 2. The van der Waals surface area contributed by atoms with Gasteiger partial charge in [0.1, 0.15) is 10.8 Å². The lowest BCUT2D eigenvalue weighted by Gasteiger charge is -2.38. The van der Waals surface area contributed by atoms with Crippen LogP contribution in [0.3, 0.4) is 0 Å². The number of thiophene rings is 1. The first kappa shape index (κ1) is 23.5. The summed E-state index contributed by atoms with van der Waals surface area (Å²) in [6, 6.07) is 20.2. The van der Waals surface area contributed by atoms with Crippen LogP contribution in [0.15, 0.2) is 60.7 Å². The molecule has 1 saturated heterocycles. The van der Waals surface area contributed by atoms with Crippen LogP contribution in [0, 0.1) is 0 Å². The van der Waals surface area contributed by atoms with Crippen LogP contribution in [-0.2, 0) is 6.42 Å². The van der Waals surface area contributed by atoms with Crippen LogP contribution in [0.2, 0.25) is 0 Å². The second-order valence-electron chi connectivity index (χ2n) is 8.41. The molecule has 1 aliphatic rings. The average molecular weight is 464 g/mol. The van der Waals surface area contributed by atoms with Gasteiger partial charge in [0.15, 0.2) is 0 Å². The quantitative estimate of drug-likeness (QED) is 0.492.